The fourth-order valence-corrected chi connectivity index (χ4v) is 3.34. The number of halogens is 2. The fourth-order valence-electron chi connectivity index (χ4n) is 3.34. The highest BCUT2D eigenvalue weighted by molar-refractivity contribution is 5.95. The van der Waals surface area contributed by atoms with E-state index in [2.05, 4.69) is 5.32 Å². The lowest BCUT2D eigenvalue weighted by Crippen LogP contribution is -2.50. The first-order valence-electron chi connectivity index (χ1n) is 9.18. The maximum atomic E-state index is 13.8. The number of anilines is 1. The number of nitrogens with one attached hydrogen (secondary N) is 1. The number of carbonyl (C=O) groups is 2. The molecule has 1 fully saturated rings. The largest absolute Gasteiger partial charge is 0.336 e. The number of amides is 2. The van der Waals surface area contributed by atoms with Gasteiger partial charge in [0.1, 0.15) is 11.6 Å². The summed E-state index contributed by atoms with van der Waals surface area (Å²) in [6, 6.07) is 8.78. The zero-order valence-corrected chi connectivity index (χ0v) is 16.0. The third-order valence-corrected chi connectivity index (χ3v) is 4.93. The van der Waals surface area contributed by atoms with E-state index in [1.807, 2.05) is 36.9 Å². The molecule has 0 unspecified atom stereocenters. The second-order valence-electron chi connectivity index (χ2n) is 7.01. The van der Waals surface area contributed by atoms with Gasteiger partial charge in [0.2, 0.25) is 5.91 Å². The van der Waals surface area contributed by atoms with Crippen molar-refractivity contribution in [3.8, 4) is 0 Å². The van der Waals surface area contributed by atoms with Gasteiger partial charge in [0.15, 0.2) is 0 Å². The van der Waals surface area contributed by atoms with Gasteiger partial charge in [0.05, 0.1) is 12.1 Å². The van der Waals surface area contributed by atoms with Gasteiger partial charge in [0, 0.05) is 37.9 Å². The Hall–Kier alpha value is -2.80. The van der Waals surface area contributed by atoms with E-state index >= 15 is 0 Å². The van der Waals surface area contributed by atoms with Gasteiger partial charge in [0.25, 0.3) is 5.91 Å². The summed E-state index contributed by atoms with van der Waals surface area (Å²) in [5.41, 5.74) is 2.70. The van der Waals surface area contributed by atoms with E-state index in [9.17, 15) is 18.4 Å². The number of hydrogen-bond donors (Lipinski definition) is 1. The van der Waals surface area contributed by atoms with E-state index in [-0.39, 0.29) is 18.0 Å². The van der Waals surface area contributed by atoms with E-state index in [1.54, 1.807) is 0 Å². The zero-order valence-electron chi connectivity index (χ0n) is 16.0. The van der Waals surface area contributed by atoms with Crippen molar-refractivity contribution in [1.82, 2.24) is 9.80 Å². The summed E-state index contributed by atoms with van der Waals surface area (Å²) in [4.78, 5) is 28.3. The zero-order chi connectivity index (χ0) is 20.3. The van der Waals surface area contributed by atoms with Crippen molar-refractivity contribution in [2.45, 2.75) is 13.8 Å². The molecule has 0 aliphatic carbocycles. The van der Waals surface area contributed by atoms with Crippen LogP contribution in [-0.2, 0) is 4.79 Å². The van der Waals surface area contributed by atoms with Crippen molar-refractivity contribution in [2.24, 2.45) is 0 Å². The number of carbonyl (C=O) groups excluding carboxylic acids is 2. The highest BCUT2D eigenvalue weighted by atomic mass is 19.1. The number of aryl methyl sites for hydroxylation is 2. The monoisotopic (exact) mass is 387 g/mol. The molecular weight excluding hydrogens is 364 g/mol. The molecule has 1 aliphatic rings. The van der Waals surface area contributed by atoms with Crippen molar-refractivity contribution < 1.29 is 18.4 Å². The van der Waals surface area contributed by atoms with Gasteiger partial charge in [-0.2, -0.15) is 0 Å². The third-order valence-electron chi connectivity index (χ3n) is 4.93. The molecule has 1 aliphatic heterocycles. The first kappa shape index (κ1) is 19.9. The Morgan fingerprint density at radius 1 is 1.00 bits per heavy atom. The summed E-state index contributed by atoms with van der Waals surface area (Å²) in [5, 5.41) is 2.95. The lowest BCUT2D eigenvalue weighted by atomic mass is 10.1. The molecule has 0 bridgehead atoms. The quantitative estimate of drug-likeness (QED) is 0.878. The smallest absolute Gasteiger partial charge is 0.256 e. The van der Waals surface area contributed by atoms with Gasteiger partial charge in [-0.3, -0.25) is 14.5 Å². The molecule has 0 atom stereocenters. The van der Waals surface area contributed by atoms with Crippen LogP contribution in [0, 0.1) is 25.5 Å². The van der Waals surface area contributed by atoms with E-state index < -0.39 is 17.5 Å². The number of benzene rings is 2. The standard InChI is InChI=1S/C21H23F2N3O2/c1-14-4-3-5-15(2)20(14)24-19(27)13-25-8-10-26(11-9-25)21(28)17-7-6-16(22)12-18(17)23/h3-7,12H,8-11,13H2,1-2H3,(H,24,27). The molecule has 0 saturated carbocycles. The van der Waals surface area contributed by atoms with Crippen molar-refractivity contribution in [1.29, 1.82) is 0 Å². The maximum Gasteiger partial charge on any atom is 0.256 e. The Kier molecular flexibility index (Phi) is 6.04. The number of nitrogens with zero attached hydrogens (tertiary/aromatic N) is 2. The molecule has 1 N–H and O–H groups in total. The van der Waals surface area contributed by atoms with Crippen molar-refractivity contribution in [3.05, 3.63) is 64.7 Å². The number of para-hydroxylation sites is 1. The van der Waals surface area contributed by atoms with Crippen molar-refractivity contribution in [3.63, 3.8) is 0 Å². The molecule has 0 spiro atoms. The van der Waals surface area contributed by atoms with Gasteiger partial charge in [-0.25, -0.2) is 8.78 Å². The van der Waals surface area contributed by atoms with E-state index in [0.29, 0.717) is 32.2 Å². The summed E-state index contributed by atoms with van der Waals surface area (Å²) in [6.07, 6.45) is 0. The Labute approximate surface area is 162 Å². The van der Waals surface area contributed by atoms with Crippen LogP contribution in [0.4, 0.5) is 14.5 Å². The first-order chi connectivity index (χ1) is 13.3. The van der Waals surface area contributed by atoms with Crippen LogP contribution in [-0.4, -0.2) is 54.3 Å². The maximum absolute atomic E-state index is 13.8. The average Bonchev–Trinajstić information content (AvgIpc) is 2.65. The Bertz CT molecular complexity index is 873. The Morgan fingerprint density at radius 3 is 2.25 bits per heavy atom. The molecule has 3 rings (SSSR count). The van der Waals surface area contributed by atoms with Crippen LogP contribution in [0.1, 0.15) is 21.5 Å². The van der Waals surface area contributed by atoms with Crippen molar-refractivity contribution in [2.75, 3.05) is 38.0 Å². The van der Waals surface area contributed by atoms with Crippen LogP contribution in [0.15, 0.2) is 36.4 Å². The molecule has 5 nitrogen and oxygen atoms in total. The van der Waals surface area contributed by atoms with Gasteiger partial charge >= 0.3 is 0 Å². The molecular formula is C21H23F2N3O2. The van der Waals surface area contributed by atoms with Crippen LogP contribution in [0.5, 0.6) is 0 Å². The fraction of sp³-hybridized carbons (Fsp3) is 0.333. The Balaban J connectivity index is 1.54. The Morgan fingerprint density at radius 2 is 1.64 bits per heavy atom. The van der Waals surface area contributed by atoms with Gasteiger partial charge < -0.3 is 10.2 Å². The summed E-state index contributed by atoms with van der Waals surface area (Å²) >= 11 is 0. The highest BCUT2D eigenvalue weighted by Crippen LogP contribution is 2.19. The number of piperazine rings is 1. The van der Waals surface area contributed by atoms with Gasteiger partial charge in [-0.05, 0) is 37.1 Å². The molecule has 1 heterocycles. The normalized spacial score (nSPS) is 14.8. The second kappa shape index (κ2) is 8.48. The summed E-state index contributed by atoms with van der Waals surface area (Å²) in [6.45, 7) is 5.89. The SMILES string of the molecule is Cc1cccc(C)c1NC(=O)CN1CCN(C(=O)c2ccc(F)cc2F)CC1. The van der Waals surface area contributed by atoms with Crippen LogP contribution >= 0.6 is 0 Å². The minimum atomic E-state index is -0.861. The minimum absolute atomic E-state index is 0.109. The summed E-state index contributed by atoms with van der Waals surface area (Å²) in [7, 11) is 0. The van der Waals surface area contributed by atoms with Crippen LogP contribution in [0.3, 0.4) is 0 Å². The first-order valence-corrected chi connectivity index (χ1v) is 9.18. The second-order valence-corrected chi connectivity index (χ2v) is 7.01. The van der Waals surface area contributed by atoms with E-state index in [4.69, 9.17) is 0 Å². The number of rotatable bonds is 4. The molecule has 148 valence electrons. The van der Waals surface area contributed by atoms with Crippen molar-refractivity contribution >= 4 is 17.5 Å². The molecule has 28 heavy (non-hydrogen) atoms. The lowest BCUT2D eigenvalue weighted by Gasteiger charge is -2.34. The highest BCUT2D eigenvalue weighted by Gasteiger charge is 2.25. The summed E-state index contributed by atoms with van der Waals surface area (Å²) < 4.78 is 26.8. The minimum Gasteiger partial charge on any atom is -0.336 e. The van der Waals surface area contributed by atoms with Crippen LogP contribution in [0.2, 0.25) is 0 Å². The molecule has 2 aromatic rings. The topological polar surface area (TPSA) is 52.7 Å². The van der Waals surface area contributed by atoms with Gasteiger partial charge in [-0.1, -0.05) is 18.2 Å². The molecule has 1 saturated heterocycles. The van der Waals surface area contributed by atoms with Crippen LogP contribution < -0.4 is 5.32 Å². The van der Waals surface area contributed by atoms with E-state index in [1.165, 1.54) is 4.90 Å². The lowest BCUT2D eigenvalue weighted by molar-refractivity contribution is -0.117. The summed E-state index contributed by atoms with van der Waals surface area (Å²) in [5.74, 6) is -2.15. The molecule has 0 aromatic heterocycles. The predicted molar refractivity (Wildman–Crippen MR) is 103 cm³/mol. The predicted octanol–water partition coefficient (Wildman–Crippen LogP) is 2.98. The molecule has 7 heteroatoms. The van der Waals surface area contributed by atoms with Crippen LogP contribution in [0.25, 0.3) is 0 Å². The molecule has 0 radical (unpaired) electrons. The molecule has 2 aromatic carbocycles. The van der Waals surface area contributed by atoms with E-state index in [0.717, 1.165) is 28.9 Å². The van der Waals surface area contributed by atoms with Gasteiger partial charge in [-0.15, -0.1) is 0 Å². The molecule has 2 amide bonds. The average molecular weight is 387 g/mol. The third kappa shape index (κ3) is 4.54. The number of hydrogen-bond acceptors (Lipinski definition) is 3.